The number of carboxylic acids is 1. The number of carbonyl (C=O) groups is 2. The third kappa shape index (κ3) is 2.39. The third-order valence-electron chi connectivity index (χ3n) is 4.89. The van der Waals surface area contributed by atoms with Gasteiger partial charge in [-0.25, -0.2) is 9.48 Å². The summed E-state index contributed by atoms with van der Waals surface area (Å²) in [6.07, 6.45) is 1.24. The van der Waals surface area contributed by atoms with Crippen molar-refractivity contribution in [3.8, 4) is 0 Å². The molecule has 0 atom stereocenters. The summed E-state index contributed by atoms with van der Waals surface area (Å²) < 4.78 is 1.22. The fourth-order valence-electron chi connectivity index (χ4n) is 2.74. The number of carbonyl (C=O) groups excluding carboxylic acids is 1. The first kappa shape index (κ1) is 14.5. The lowest BCUT2D eigenvalue weighted by atomic mass is 10.0. The van der Waals surface area contributed by atoms with Crippen LogP contribution in [0.4, 0.5) is 0 Å². The topological polar surface area (TPSA) is 97.1 Å². The van der Waals surface area contributed by atoms with E-state index in [0.717, 1.165) is 0 Å². The normalized spacial score (nSPS) is 19.6. The minimum Gasteiger partial charge on any atom is -0.476 e. The average Bonchev–Trinajstić information content (AvgIpc) is 2.70. The Balaban J connectivity index is 1.83. The molecule has 0 saturated heterocycles. The standard InChI is InChI=1S/C13H20N4O3/c1-12(2)9(13(12,3)4)5-14-10(18)7-17-6-8(11(19)20)15-16-17/h6,9H,5,7H2,1-4H3,(H,14,18)(H,19,20). The zero-order chi connectivity index (χ0) is 15.1. The van der Waals surface area contributed by atoms with E-state index in [1.165, 1.54) is 10.9 Å². The molecule has 1 amide bonds. The number of hydrogen-bond donors (Lipinski definition) is 2. The van der Waals surface area contributed by atoms with E-state index in [-0.39, 0.29) is 29.0 Å². The van der Waals surface area contributed by atoms with Gasteiger partial charge in [-0.15, -0.1) is 5.10 Å². The summed E-state index contributed by atoms with van der Waals surface area (Å²) in [5.74, 6) is -0.896. The number of rotatable bonds is 5. The van der Waals surface area contributed by atoms with Crippen molar-refractivity contribution in [2.75, 3.05) is 6.54 Å². The van der Waals surface area contributed by atoms with Crippen LogP contribution in [0.15, 0.2) is 6.20 Å². The van der Waals surface area contributed by atoms with Gasteiger partial charge in [-0.1, -0.05) is 32.9 Å². The van der Waals surface area contributed by atoms with Gasteiger partial charge in [0.1, 0.15) is 6.54 Å². The molecule has 1 saturated carbocycles. The highest BCUT2D eigenvalue weighted by Crippen LogP contribution is 2.67. The SMILES string of the molecule is CC1(C)C(CNC(=O)Cn2cc(C(=O)O)nn2)C1(C)C. The number of aromatic carboxylic acids is 1. The lowest BCUT2D eigenvalue weighted by Gasteiger charge is -2.06. The van der Waals surface area contributed by atoms with Crippen molar-refractivity contribution in [3.05, 3.63) is 11.9 Å². The van der Waals surface area contributed by atoms with Crippen molar-refractivity contribution in [1.82, 2.24) is 20.3 Å². The van der Waals surface area contributed by atoms with Crippen molar-refractivity contribution < 1.29 is 14.7 Å². The fourth-order valence-corrected chi connectivity index (χ4v) is 2.74. The molecule has 1 heterocycles. The first-order valence-electron chi connectivity index (χ1n) is 6.56. The zero-order valence-electron chi connectivity index (χ0n) is 12.2. The van der Waals surface area contributed by atoms with Crippen LogP contribution < -0.4 is 5.32 Å². The van der Waals surface area contributed by atoms with E-state index in [1.807, 2.05) is 0 Å². The fraction of sp³-hybridized carbons (Fsp3) is 0.692. The zero-order valence-corrected chi connectivity index (χ0v) is 12.2. The lowest BCUT2D eigenvalue weighted by molar-refractivity contribution is -0.122. The summed E-state index contributed by atoms with van der Waals surface area (Å²) in [6.45, 7) is 9.38. The first-order valence-corrected chi connectivity index (χ1v) is 6.56. The second kappa shape index (κ2) is 4.57. The molecule has 2 N–H and O–H groups in total. The molecule has 110 valence electrons. The van der Waals surface area contributed by atoms with Crippen LogP contribution in [-0.4, -0.2) is 38.5 Å². The second-order valence-corrected chi connectivity index (χ2v) is 6.41. The summed E-state index contributed by atoms with van der Waals surface area (Å²) in [7, 11) is 0. The van der Waals surface area contributed by atoms with Crippen molar-refractivity contribution in [2.24, 2.45) is 16.7 Å². The van der Waals surface area contributed by atoms with Gasteiger partial charge in [0.05, 0.1) is 6.20 Å². The summed E-state index contributed by atoms with van der Waals surface area (Å²) in [6, 6.07) is 0. The van der Waals surface area contributed by atoms with Crippen molar-refractivity contribution in [3.63, 3.8) is 0 Å². The van der Waals surface area contributed by atoms with E-state index in [0.29, 0.717) is 12.5 Å². The van der Waals surface area contributed by atoms with Crippen LogP contribution >= 0.6 is 0 Å². The highest BCUT2D eigenvalue weighted by Gasteiger charge is 2.64. The van der Waals surface area contributed by atoms with Crippen molar-refractivity contribution in [1.29, 1.82) is 0 Å². The molecule has 1 aliphatic rings. The molecule has 1 aromatic rings. The minimum absolute atomic E-state index is 0.0200. The van der Waals surface area contributed by atoms with E-state index < -0.39 is 5.97 Å². The maximum Gasteiger partial charge on any atom is 0.358 e. The Morgan fingerprint density at radius 2 is 1.95 bits per heavy atom. The van der Waals surface area contributed by atoms with Crippen LogP contribution in [0.5, 0.6) is 0 Å². The highest BCUT2D eigenvalue weighted by atomic mass is 16.4. The Morgan fingerprint density at radius 3 is 2.40 bits per heavy atom. The smallest absolute Gasteiger partial charge is 0.358 e. The molecule has 20 heavy (non-hydrogen) atoms. The molecule has 0 unspecified atom stereocenters. The number of aromatic nitrogens is 3. The molecular formula is C13H20N4O3. The molecular weight excluding hydrogens is 260 g/mol. The molecule has 2 rings (SSSR count). The maximum atomic E-state index is 11.8. The van der Waals surface area contributed by atoms with E-state index >= 15 is 0 Å². The molecule has 1 fully saturated rings. The molecule has 1 aromatic heterocycles. The summed E-state index contributed by atoms with van der Waals surface area (Å²) in [4.78, 5) is 22.4. The van der Waals surface area contributed by atoms with Crippen LogP contribution in [0.3, 0.4) is 0 Å². The molecule has 0 spiro atoms. The van der Waals surface area contributed by atoms with Gasteiger partial charge in [-0.3, -0.25) is 4.79 Å². The van der Waals surface area contributed by atoms with E-state index in [2.05, 4.69) is 43.3 Å². The van der Waals surface area contributed by atoms with Crippen LogP contribution in [0.25, 0.3) is 0 Å². The Labute approximate surface area is 117 Å². The monoisotopic (exact) mass is 280 g/mol. The van der Waals surface area contributed by atoms with E-state index in [4.69, 9.17) is 5.11 Å². The Morgan fingerprint density at radius 1 is 1.35 bits per heavy atom. The average molecular weight is 280 g/mol. The summed E-state index contributed by atoms with van der Waals surface area (Å²) >= 11 is 0. The number of amides is 1. The van der Waals surface area contributed by atoms with Crippen molar-refractivity contribution in [2.45, 2.75) is 34.2 Å². The second-order valence-electron chi connectivity index (χ2n) is 6.41. The Kier molecular flexibility index (Phi) is 3.31. The molecule has 1 aliphatic carbocycles. The number of nitrogens with zero attached hydrogens (tertiary/aromatic N) is 3. The number of hydrogen-bond acceptors (Lipinski definition) is 4. The van der Waals surface area contributed by atoms with Crippen LogP contribution in [-0.2, 0) is 11.3 Å². The van der Waals surface area contributed by atoms with Gasteiger partial charge in [0.2, 0.25) is 5.91 Å². The number of nitrogens with one attached hydrogen (secondary N) is 1. The predicted molar refractivity (Wildman–Crippen MR) is 71.0 cm³/mol. The van der Waals surface area contributed by atoms with Crippen LogP contribution in [0, 0.1) is 16.7 Å². The molecule has 0 radical (unpaired) electrons. The van der Waals surface area contributed by atoms with Crippen molar-refractivity contribution >= 4 is 11.9 Å². The van der Waals surface area contributed by atoms with Gasteiger partial charge in [0.15, 0.2) is 5.69 Å². The van der Waals surface area contributed by atoms with Gasteiger partial charge in [-0.05, 0) is 16.7 Å². The van der Waals surface area contributed by atoms with Gasteiger partial charge in [0.25, 0.3) is 0 Å². The van der Waals surface area contributed by atoms with E-state index in [1.54, 1.807) is 0 Å². The minimum atomic E-state index is -1.15. The molecule has 7 heteroatoms. The largest absolute Gasteiger partial charge is 0.476 e. The van der Waals surface area contributed by atoms with E-state index in [9.17, 15) is 9.59 Å². The molecule has 7 nitrogen and oxygen atoms in total. The Hall–Kier alpha value is -1.92. The number of carboxylic acid groups (broad SMARTS) is 1. The van der Waals surface area contributed by atoms with Gasteiger partial charge in [-0.2, -0.15) is 0 Å². The maximum absolute atomic E-state index is 11.8. The quantitative estimate of drug-likeness (QED) is 0.830. The predicted octanol–water partition coefficient (Wildman–Crippen LogP) is 0.775. The van der Waals surface area contributed by atoms with Crippen LogP contribution in [0.2, 0.25) is 0 Å². The van der Waals surface area contributed by atoms with Crippen LogP contribution in [0.1, 0.15) is 38.2 Å². The molecule has 0 aromatic carbocycles. The molecule has 0 aliphatic heterocycles. The van der Waals surface area contributed by atoms with Gasteiger partial charge in [0, 0.05) is 6.54 Å². The van der Waals surface area contributed by atoms with Gasteiger partial charge < -0.3 is 10.4 Å². The van der Waals surface area contributed by atoms with Gasteiger partial charge >= 0.3 is 5.97 Å². The Bertz CT molecular complexity index is 534. The third-order valence-corrected chi connectivity index (χ3v) is 4.89. The molecule has 0 bridgehead atoms. The highest BCUT2D eigenvalue weighted by molar-refractivity contribution is 5.84. The lowest BCUT2D eigenvalue weighted by Crippen LogP contribution is -2.30. The first-order chi connectivity index (χ1) is 9.16. The summed E-state index contributed by atoms with van der Waals surface area (Å²) in [5, 5.41) is 18.6. The summed E-state index contributed by atoms with van der Waals surface area (Å²) in [5.41, 5.74) is 0.288.